The van der Waals surface area contributed by atoms with Crippen LogP contribution >= 0.6 is 11.5 Å². The summed E-state index contributed by atoms with van der Waals surface area (Å²) in [5.74, 6) is 1.94. The first kappa shape index (κ1) is 13.4. The van der Waals surface area contributed by atoms with Gasteiger partial charge in [-0.3, -0.25) is 0 Å². The Bertz CT molecular complexity index is 309. The summed E-state index contributed by atoms with van der Waals surface area (Å²) in [7, 11) is 0. The average Bonchev–Trinajstić information content (AvgIpc) is 2.65. The smallest absolute Gasteiger partial charge is 0.205 e. The lowest BCUT2D eigenvalue weighted by atomic mass is 10.2. The minimum atomic E-state index is 0.392. The van der Waals surface area contributed by atoms with Gasteiger partial charge in [-0.2, -0.15) is 4.37 Å². The first-order valence-electron chi connectivity index (χ1n) is 5.83. The van der Waals surface area contributed by atoms with E-state index in [0.29, 0.717) is 18.4 Å². The summed E-state index contributed by atoms with van der Waals surface area (Å²) < 4.78 is 4.37. The highest BCUT2D eigenvalue weighted by Crippen LogP contribution is 2.21. The second-order valence-electron chi connectivity index (χ2n) is 4.72. The largest absolute Gasteiger partial charge is 0.345 e. The molecule has 0 fully saturated rings. The Labute approximate surface area is 102 Å². The van der Waals surface area contributed by atoms with Crippen LogP contribution in [-0.4, -0.2) is 29.0 Å². The van der Waals surface area contributed by atoms with Crippen LogP contribution in [0.3, 0.4) is 0 Å². The van der Waals surface area contributed by atoms with Crippen LogP contribution in [0.15, 0.2) is 0 Å². The van der Waals surface area contributed by atoms with Crippen molar-refractivity contribution >= 4 is 16.7 Å². The molecule has 1 aromatic heterocycles. The van der Waals surface area contributed by atoms with E-state index in [-0.39, 0.29) is 0 Å². The molecule has 0 amide bonds. The second-order valence-corrected chi connectivity index (χ2v) is 5.45. The molecule has 2 N–H and O–H groups in total. The van der Waals surface area contributed by atoms with Gasteiger partial charge in [0.15, 0.2) is 0 Å². The SMILES string of the molecule is CC(C)CN(CCN)c1nc(C(C)C)ns1. The number of hydrogen-bond donors (Lipinski definition) is 1. The van der Waals surface area contributed by atoms with Crippen molar-refractivity contribution in [3.05, 3.63) is 5.82 Å². The van der Waals surface area contributed by atoms with Gasteiger partial charge < -0.3 is 10.6 Å². The van der Waals surface area contributed by atoms with Crippen molar-refractivity contribution in [2.75, 3.05) is 24.5 Å². The van der Waals surface area contributed by atoms with Gasteiger partial charge in [0, 0.05) is 37.1 Å². The third kappa shape index (κ3) is 3.72. The number of nitrogens with zero attached hydrogens (tertiary/aromatic N) is 3. The molecule has 5 heteroatoms. The monoisotopic (exact) mass is 242 g/mol. The first-order chi connectivity index (χ1) is 7.54. The highest BCUT2D eigenvalue weighted by Gasteiger charge is 2.14. The minimum absolute atomic E-state index is 0.392. The fourth-order valence-electron chi connectivity index (χ4n) is 1.45. The van der Waals surface area contributed by atoms with Gasteiger partial charge in [-0.25, -0.2) is 4.98 Å². The molecule has 1 heterocycles. The van der Waals surface area contributed by atoms with Gasteiger partial charge in [0.05, 0.1) is 0 Å². The van der Waals surface area contributed by atoms with Crippen LogP contribution in [-0.2, 0) is 0 Å². The predicted octanol–water partition coefficient (Wildman–Crippen LogP) is 2.08. The molecule has 4 nitrogen and oxygen atoms in total. The van der Waals surface area contributed by atoms with E-state index in [4.69, 9.17) is 5.73 Å². The molecule has 1 rings (SSSR count). The lowest BCUT2D eigenvalue weighted by Crippen LogP contribution is -2.32. The van der Waals surface area contributed by atoms with Crippen molar-refractivity contribution in [1.29, 1.82) is 0 Å². The Morgan fingerprint density at radius 3 is 2.44 bits per heavy atom. The van der Waals surface area contributed by atoms with Crippen molar-refractivity contribution in [3.63, 3.8) is 0 Å². The number of aromatic nitrogens is 2. The standard InChI is InChI=1S/C11H22N4S/c1-8(2)7-15(6-5-12)11-13-10(9(3)4)14-16-11/h8-9H,5-7,12H2,1-4H3. The Hall–Kier alpha value is -0.680. The van der Waals surface area contributed by atoms with Crippen molar-refractivity contribution in [3.8, 4) is 0 Å². The molecule has 0 saturated heterocycles. The van der Waals surface area contributed by atoms with Crippen LogP contribution in [0.4, 0.5) is 5.13 Å². The molecule has 0 radical (unpaired) electrons. The Balaban J connectivity index is 2.75. The van der Waals surface area contributed by atoms with Crippen molar-refractivity contribution in [1.82, 2.24) is 9.36 Å². The third-order valence-electron chi connectivity index (χ3n) is 2.20. The molecule has 0 aliphatic carbocycles. The van der Waals surface area contributed by atoms with Crippen LogP contribution < -0.4 is 10.6 Å². The van der Waals surface area contributed by atoms with Crippen LogP contribution in [0.2, 0.25) is 0 Å². The van der Waals surface area contributed by atoms with Gasteiger partial charge in [-0.05, 0) is 5.92 Å². The summed E-state index contributed by atoms with van der Waals surface area (Å²) >= 11 is 1.48. The molecule has 0 atom stereocenters. The molecule has 0 aliphatic heterocycles. The van der Waals surface area contributed by atoms with E-state index in [1.165, 1.54) is 11.5 Å². The van der Waals surface area contributed by atoms with Crippen molar-refractivity contribution in [2.24, 2.45) is 11.7 Å². The summed E-state index contributed by atoms with van der Waals surface area (Å²) in [5, 5.41) is 1.00. The number of hydrogen-bond acceptors (Lipinski definition) is 5. The van der Waals surface area contributed by atoms with Gasteiger partial charge in [0.2, 0.25) is 5.13 Å². The zero-order valence-electron chi connectivity index (χ0n) is 10.6. The summed E-state index contributed by atoms with van der Waals surface area (Å²) in [5.41, 5.74) is 5.62. The average molecular weight is 242 g/mol. The maximum atomic E-state index is 5.62. The number of anilines is 1. The normalized spacial score (nSPS) is 11.4. The van der Waals surface area contributed by atoms with Crippen LogP contribution in [0.25, 0.3) is 0 Å². The van der Waals surface area contributed by atoms with E-state index in [1.54, 1.807) is 0 Å². The number of nitrogens with two attached hydrogens (primary N) is 1. The number of rotatable bonds is 6. The quantitative estimate of drug-likeness (QED) is 0.830. The van der Waals surface area contributed by atoms with Crippen LogP contribution in [0, 0.1) is 5.92 Å². The van der Waals surface area contributed by atoms with Gasteiger partial charge in [0.25, 0.3) is 0 Å². The molecule has 16 heavy (non-hydrogen) atoms. The van der Waals surface area contributed by atoms with Gasteiger partial charge >= 0.3 is 0 Å². The summed E-state index contributed by atoms with van der Waals surface area (Å²) in [6.07, 6.45) is 0. The second kappa shape index (κ2) is 6.15. The maximum absolute atomic E-state index is 5.62. The fraction of sp³-hybridized carbons (Fsp3) is 0.818. The molecule has 0 aromatic carbocycles. The van der Waals surface area contributed by atoms with E-state index in [0.717, 1.165) is 24.0 Å². The van der Waals surface area contributed by atoms with E-state index < -0.39 is 0 Å². The molecule has 0 saturated carbocycles. The van der Waals surface area contributed by atoms with Gasteiger partial charge in [-0.15, -0.1) is 0 Å². The lowest BCUT2D eigenvalue weighted by molar-refractivity contribution is 0.609. The molecule has 0 spiro atoms. The van der Waals surface area contributed by atoms with Gasteiger partial charge in [0.1, 0.15) is 5.82 Å². The molecule has 0 unspecified atom stereocenters. The van der Waals surface area contributed by atoms with E-state index in [1.807, 2.05) is 0 Å². The maximum Gasteiger partial charge on any atom is 0.205 e. The molecule has 0 aliphatic rings. The molecule has 92 valence electrons. The Morgan fingerprint density at radius 2 is 2.00 bits per heavy atom. The van der Waals surface area contributed by atoms with Crippen molar-refractivity contribution in [2.45, 2.75) is 33.6 Å². The first-order valence-corrected chi connectivity index (χ1v) is 6.60. The highest BCUT2D eigenvalue weighted by atomic mass is 32.1. The zero-order valence-corrected chi connectivity index (χ0v) is 11.4. The van der Waals surface area contributed by atoms with Crippen molar-refractivity contribution < 1.29 is 0 Å². The predicted molar refractivity (Wildman–Crippen MR) is 70.1 cm³/mol. The summed E-state index contributed by atoms with van der Waals surface area (Å²) in [6.45, 7) is 11.1. The highest BCUT2D eigenvalue weighted by molar-refractivity contribution is 7.09. The molecule has 1 aromatic rings. The Kier molecular flexibility index (Phi) is 5.15. The molecular weight excluding hydrogens is 220 g/mol. The Morgan fingerprint density at radius 1 is 1.31 bits per heavy atom. The fourth-order valence-corrected chi connectivity index (χ4v) is 2.29. The summed E-state index contributed by atoms with van der Waals surface area (Å²) in [6, 6.07) is 0. The third-order valence-corrected chi connectivity index (χ3v) is 2.99. The van der Waals surface area contributed by atoms with Crippen LogP contribution in [0.5, 0.6) is 0 Å². The van der Waals surface area contributed by atoms with Gasteiger partial charge in [-0.1, -0.05) is 27.7 Å². The molecule has 0 bridgehead atoms. The van der Waals surface area contributed by atoms with E-state index in [9.17, 15) is 0 Å². The summed E-state index contributed by atoms with van der Waals surface area (Å²) in [4.78, 5) is 6.79. The van der Waals surface area contributed by atoms with E-state index in [2.05, 4.69) is 42.0 Å². The lowest BCUT2D eigenvalue weighted by Gasteiger charge is -2.22. The van der Waals surface area contributed by atoms with E-state index >= 15 is 0 Å². The molecular formula is C11H22N4S. The zero-order chi connectivity index (χ0) is 12.1. The topological polar surface area (TPSA) is 55.0 Å². The minimum Gasteiger partial charge on any atom is -0.345 e. The van der Waals surface area contributed by atoms with Crippen LogP contribution in [0.1, 0.15) is 39.4 Å².